The van der Waals surface area contributed by atoms with Crippen molar-refractivity contribution in [1.82, 2.24) is 0 Å². The van der Waals surface area contributed by atoms with Crippen LogP contribution in [0.4, 0.5) is 0 Å². The molecule has 0 N–H and O–H groups in total. The molecule has 1 aliphatic heterocycles. The van der Waals surface area contributed by atoms with Crippen molar-refractivity contribution in [3.05, 3.63) is 119 Å². The Morgan fingerprint density at radius 1 is 0.289 bits per heavy atom. The van der Waals surface area contributed by atoms with Crippen LogP contribution in [-0.4, -0.2) is 0 Å². The van der Waals surface area contributed by atoms with Crippen LogP contribution in [0.1, 0.15) is 22.3 Å². The number of hydrogen-bond donors (Lipinski definition) is 0. The summed E-state index contributed by atoms with van der Waals surface area (Å²) in [5, 5.41) is 16.9. The average Bonchev–Trinajstić information content (AvgIpc) is 2.96. The highest BCUT2D eigenvalue weighted by molar-refractivity contribution is 7.98. The van der Waals surface area contributed by atoms with E-state index >= 15 is 0 Å². The molecular weight excluding hydrogens is 497 g/mol. The molecule has 4 bridgehead atoms. The van der Waals surface area contributed by atoms with Gasteiger partial charge in [0.2, 0.25) is 0 Å². The van der Waals surface area contributed by atoms with E-state index in [0.29, 0.717) is 0 Å². The number of thioether (sulfide) groups is 2. The zero-order valence-corrected chi connectivity index (χ0v) is 22.5. The summed E-state index contributed by atoms with van der Waals surface area (Å²) >= 11 is 4.08. The van der Waals surface area contributed by atoms with Crippen molar-refractivity contribution in [2.75, 3.05) is 0 Å². The lowest BCUT2D eigenvalue weighted by Gasteiger charge is -2.18. The minimum atomic E-state index is 1.02. The first-order valence-corrected chi connectivity index (χ1v) is 15.7. The summed E-state index contributed by atoms with van der Waals surface area (Å²) < 4.78 is 0. The first kappa shape index (κ1) is 21.5. The molecule has 0 aliphatic carbocycles. The summed E-state index contributed by atoms with van der Waals surface area (Å²) in [6.07, 6.45) is 0. The normalized spacial score (nSPS) is 14.7. The second kappa shape index (κ2) is 8.02. The summed E-state index contributed by atoms with van der Waals surface area (Å²) in [6.45, 7) is 0. The molecule has 0 unspecified atom stereocenters. The van der Waals surface area contributed by atoms with Gasteiger partial charge < -0.3 is 0 Å². The third kappa shape index (κ3) is 2.96. The summed E-state index contributed by atoms with van der Waals surface area (Å²) in [4.78, 5) is 0. The molecule has 0 fully saturated rings. The van der Waals surface area contributed by atoms with Gasteiger partial charge in [-0.25, -0.2) is 0 Å². The molecule has 0 amide bonds. The van der Waals surface area contributed by atoms with E-state index < -0.39 is 0 Å². The zero-order valence-electron chi connectivity index (χ0n) is 20.9. The van der Waals surface area contributed by atoms with Gasteiger partial charge in [0, 0.05) is 23.0 Å². The van der Waals surface area contributed by atoms with E-state index in [1.54, 1.807) is 0 Å². The van der Waals surface area contributed by atoms with Crippen LogP contribution in [0.15, 0.2) is 97.1 Å². The molecular formula is C36H24S2. The Balaban J connectivity index is 1.30. The molecule has 2 heteroatoms. The minimum absolute atomic E-state index is 1.02. The van der Waals surface area contributed by atoms with Crippen LogP contribution in [0.2, 0.25) is 0 Å². The SMILES string of the molecule is c1cc2ccc3ccc4c5ccc(c1CSCc1ccc6ccc7ccc(c8ccc1c6c78)CSC4)c2c35. The summed E-state index contributed by atoms with van der Waals surface area (Å²) in [5.74, 6) is 4.07. The molecule has 0 atom stereocenters. The lowest BCUT2D eigenvalue weighted by Crippen LogP contribution is -1.94. The lowest BCUT2D eigenvalue weighted by atomic mass is 9.90. The van der Waals surface area contributed by atoms with Gasteiger partial charge in [-0.3, -0.25) is 0 Å². The van der Waals surface area contributed by atoms with E-state index in [0.717, 1.165) is 23.0 Å². The Morgan fingerprint density at radius 3 is 0.789 bits per heavy atom. The van der Waals surface area contributed by atoms with Crippen LogP contribution < -0.4 is 0 Å². The van der Waals surface area contributed by atoms with Crippen molar-refractivity contribution in [3.63, 3.8) is 0 Å². The van der Waals surface area contributed by atoms with Gasteiger partial charge in [0.25, 0.3) is 0 Å². The van der Waals surface area contributed by atoms with Crippen LogP contribution in [0, 0.1) is 0 Å². The highest BCUT2D eigenvalue weighted by Gasteiger charge is 2.16. The van der Waals surface area contributed by atoms with Crippen molar-refractivity contribution >= 4 is 88.2 Å². The molecule has 8 aromatic carbocycles. The van der Waals surface area contributed by atoms with Crippen LogP contribution in [0.5, 0.6) is 0 Å². The van der Waals surface area contributed by atoms with E-state index in [1.165, 1.54) is 86.9 Å². The Morgan fingerprint density at radius 2 is 0.526 bits per heavy atom. The minimum Gasteiger partial charge on any atom is -0.152 e. The van der Waals surface area contributed by atoms with Crippen LogP contribution in [-0.2, 0) is 23.0 Å². The van der Waals surface area contributed by atoms with Crippen molar-refractivity contribution in [3.8, 4) is 0 Å². The van der Waals surface area contributed by atoms with Crippen molar-refractivity contribution < 1.29 is 0 Å². The molecule has 0 aromatic heterocycles. The molecule has 9 rings (SSSR count). The fourth-order valence-corrected chi connectivity index (χ4v) is 8.98. The monoisotopic (exact) mass is 520 g/mol. The molecule has 180 valence electrons. The van der Waals surface area contributed by atoms with Gasteiger partial charge in [-0.2, -0.15) is 23.5 Å². The summed E-state index contributed by atoms with van der Waals surface area (Å²) in [5.41, 5.74) is 5.78. The maximum Gasteiger partial charge on any atom is 0.0194 e. The summed E-state index contributed by atoms with van der Waals surface area (Å²) in [6, 6.07) is 37.6. The van der Waals surface area contributed by atoms with Gasteiger partial charge in [-0.1, -0.05) is 97.1 Å². The predicted octanol–water partition coefficient (Wildman–Crippen LogP) is 10.7. The van der Waals surface area contributed by atoms with Gasteiger partial charge in [-0.05, 0) is 86.9 Å². The topological polar surface area (TPSA) is 0 Å². The molecule has 38 heavy (non-hydrogen) atoms. The smallest absolute Gasteiger partial charge is 0.0194 e. The number of rotatable bonds is 0. The Hall–Kier alpha value is -3.46. The number of fused-ring (bicyclic) bond motifs is 2. The highest BCUT2D eigenvalue weighted by Crippen LogP contribution is 2.42. The number of hydrogen-bond acceptors (Lipinski definition) is 2. The Bertz CT molecular complexity index is 1880. The second-order valence-corrected chi connectivity index (χ2v) is 12.7. The molecule has 0 radical (unpaired) electrons. The molecule has 0 spiro atoms. The zero-order chi connectivity index (χ0) is 24.8. The van der Waals surface area contributed by atoms with Gasteiger partial charge in [0.05, 0.1) is 0 Å². The van der Waals surface area contributed by atoms with Gasteiger partial charge in [-0.15, -0.1) is 0 Å². The third-order valence-corrected chi connectivity index (χ3v) is 10.8. The van der Waals surface area contributed by atoms with Gasteiger partial charge in [0.15, 0.2) is 0 Å². The number of benzene rings is 8. The van der Waals surface area contributed by atoms with Crippen LogP contribution in [0.25, 0.3) is 64.6 Å². The van der Waals surface area contributed by atoms with E-state index in [9.17, 15) is 0 Å². The second-order valence-electron chi connectivity index (χ2n) is 10.7. The Kier molecular flexibility index (Phi) is 4.53. The molecule has 1 heterocycles. The largest absolute Gasteiger partial charge is 0.152 e. The van der Waals surface area contributed by atoms with Crippen molar-refractivity contribution in [2.45, 2.75) is 23.0 Å². The fraction of sp³-hybridized carbons (Fsp3) is 0.111. The predicted molar refractivity (Wildman–Crippen MR) is 170 cm³/mol. The van der Waals surface area contributed by atoms with Gasteiger partial charge in [0.1, 0.15) is 0 Å². The standard InChI is InChI=1S/C36H24S2/c1-2-22-6-10-26-18-38-20-28-12-8-24-4-3-23-7-11-27(31-15-16-32(28)36(24)35(23)31)19-37-17-25-9-5-21(1)33-29(25)13-14-30(26)34(22)33/h1-16H,17-20H2. The van der Waals surface area contributed by atoms with Gasteiger partial charge >= 0.3 is 0 Å². The first-order chi connectivity index (χ1) is 18.8. The average molecular weight is 521 g/mol. The molecule has 0 saturated heterocycles. The van der Waals surface area contributed by atoms with Crippen molar-refractivity contribution in [2.24, 2.45) is 0 Å². The summed E-state index contributed by atoms with van der Waals surface area (Å²) in [7, 11) is 0. The van der Waals surface area contributed by atoms with Crippen molar-refractivity contribution in [1.29, 1.82) is 0 Å². The molecule has 8 aromatic rings. The maximum absolute atomic E-state index is 2.39. The van der Waals surface area contributed by atoms with E-state index in [1.807, 2.05) is 23.5 Å². The first-order valence-electron chi connectivity index (χ1n) is 13.4. The van der Waals surface area contributed by atoms with E-state index in [4.69, 9.17) is 0 Å². The molecule has 0 nitrogen and oxygen atoms in total. The van der Waals surface area contributed by atoms with E-state index in [-0.39, 0.29) is 0 Å². The quantitative estimate of drug-likeness (QED) is 0.182. The van der Waals surface area contributed by atoms with Crippen LogP contribution >= 0.6 is 23.5 Å². The highest BCUT2D eigenvalue weighted by atomic mass is 32.2. The lowest BCUT2D eigenvalue weighted by molar-refractivity contribution is 1.40. The molecule has 1 aliphatic rings. The molecule has 0 saturated carbocycles. The fourth-order valence-electron chi connectivity index (χ4n) is 6.89. The third-order valence-electron chi connectivity index (χ3n) is 8.72. The maximum atomic E-state index is 2.39. The Labute approximate surface area is 229 Å². The van der Waals surface area contributed by atoms with Crippen LogP contribution in [0.3, 0.4) is 0 Å². The van der Waals surface area contributed by atoms with E-state index in [2.05, 4.69) is 97.1 Å².